The third kappa shape index (κ3) is 4.46. The largest absolute Gasteiger partial charge is 0.462 e. The smallest absolute Gasteiger partial charge is 0.341 e. The molecular weight excluding hydrogens is 438 g/mol. The highest BCUT2D eigenvalue weighted by atomic mass is 35.5. The molecule has 2 atom stereocenters. The Morgan fingerprint density at radius 1 is 0.889 bits per heavy atom. The van der Waals surface area contributed by atoms with E-state index in [2.05, 4.69) is 9.97 Å². The van der Waals surface area contributed by atoms with Gasteiger partial charge in [-0.1, -0.05) is 23.2 Å². The van der Waals surface area contributed by atoms with Crippen molar-refractivity contribution < 1.29 is 19.1 Å². The first kappa shape index (κ1) is 20.1. The van der Waals surface area contributed by atoms with E-state index in [0.29, 0.717) is 0 Å². The van der Waals surface area contributed by atoms with E-state index in [0.717, 1.165) is 0 Å². The minimum atomic E-state index is -1.17. The molecule has 2 aromatic heterocycles. The predicted octanol–water partition coefficient (Wildman–Crippen LogP) is 4.22. The monoisotopic (exact) mass is 448 g/mol. The molecule has 10 heteroatoms. The van der Waals surface area contributed by atoms with Gasteiger partial charge in [-0.3, -0.25) is 0 Å². The van der Waals surface area contributed by atoms with Gasteiger partial charge in [0, 0.05) is 24.2 Å². The minimum absolute atomic E-state index is 0.0418. The molecule has 0 unspecified atom stereocenters. The average Bonchev–Trinajstić information content (AvgIpc) is 3.17. The van der Waals surface area contributed by atoms with Crippen molar-refractivity contribution in [3.8, 4) is 0 Å². The van der Waals surface area contributed by atoms with Gasteiger partial charge in [-0.05, 0) is 24.3 Å². The molecule has 0 radical (unpaired) electrons. The SMILES string of the molecule is O=C(OC[C@H]1[C@H](COC(=O)c2cccnc2Cl)C1(Cl)Cl)c1cccnc1Cl. The second kappa shape index (κ2) is 8.19. The second-order valence-corrected chi connectivity index (χ2v) is 7.93. The normalized spacial score (nSPS) is 20.0. The highest BCUT2D eigenvalue weighted by Gasteiger charge is 2.64. The molecule has 0 bridgehead atoms. The van der Waals surface area contributed by atoms with Crippen molar-refractivity contribution in [2.75, 3.05) is 13.2 Å². The summed E-state index contributed by atoms with van der Waals surface area (Å²) in [5.74, 6) is -2.06. The van der Waals surface area contributed by atoms with Crippen LogP contribution in [0.2, 0.25) is 10.3 Å². The molecule has 0 aliphatic heterocycles. The van der Waals surface area contributed by atoms with Crippen molar-refractivity contribution in [2.45, 2.75) is 4.33 Å². The van der Waals surface area contributed by atoms with Crippen LogP contribution in [0.5, 0.6) is 0 Å². The number of pyridine rings is 2. The van der Waals surface area contributed by atoms with Gasteiger partial charge in [-0.2, -0.15) is 0 Å². The van der Waals surface area contributed by atoms with Gasteiger partial charge >= 0.3 is 11.9 Å². The number of hydrogen-bond donors (Lipinski definition) is 0. The summed E-state index contributed by atoms with van der Waals surface area (Å²) in [6.45, 7) is -0.0974. The first-order chi connectivity index (χ1) is 12.8. The lowest BCUT2D eigenvalue weighted by Crippen LogP contribution is -2.12. The lowest BCUT2D eigenvalue weighted by atomic mass is 10.3. The maximum atomic E-state index is 12.1. The number of alkyl halides is 2. The number of carbonyl (C=O) groups excluding carboxylic acids is 2. The number of esters is 2. The van der Waals surface area contributed by atoms with Crippen LogP contribution in [-0.2, 0) is 9.47 Å². The number of aromatic nitrogens is 2. The highest BCUT2D eigenvalue weighted by molar-refractivity contribution is 6.51. The van der Waals surface area contributed by atoms with Crippen LogP contribution >= 0.6 is 46.4 Å². The number of ether oxygens (including phenoxy) is 2. The Bertz CT molecular complexity index is 808. The van der Waals surface area contributed by atoms with Crippen LogP contribution in [0.1, 0.15) is 20.7 Å². The standard InChI is InChI=1S/C17H12Cl4N2O4/c18-13-9(3-1-5-22-13)15(24)26-7-11-12(17(11,20)21)8-27-16(25)10-4-2-6-23-14(10)19/h1-6,11-12H,7-8H2/t11-,12-/m0/s1. The van der Waals surface area contributed by atoms with Crippen LogP contribution in [0.25, 0.3) is 0 Å². The first-order valence-electron chi connectivity index (χ1n) is 7.75. The van der Waals surface area contributed by atoms with Crippen LogP contribution in [0, 0.1) is 11.8 Å². The number of rotatable bonds is 6. The Morgan fingerprint density at radius 2 is 1.30 bits per heavy atom. The van der Waals surface area contributed by atoms with Gasteiger partial charge in [0.1, 0.15) is 14.6 Å². The molecule has 0 N–H and O–H groups in total. The number of halogens is 4. The van der Waals surface area contributed by atoms with Crippen LogP contribution in [-0.4, -0.2) is 39.5 Å². The molecule has 1 aliphatic rings. The predicted molar refractivity (Wildman–Crippen MR) is 100 cm³/mol. The summed E-state index contributed by atoms with van der Waals surface area (Å²) in [5.41, 5.74) is 0.285. The number of nitrogens with zero attached hydrogens (tertiary/aromatic N) is 2. The average molecular weight is 450 g/mol. The summed E-state index contributed by atoms with van der Waals surface area (Å²) in [6.07, 6.45) is 2.92. The Morgan fingerprint density at radius 3 is 1.67 bits per heavy atom. The minimum Gasteiger partial charge on any atom is -0.462 e. The molecule has 2 aromatic rings. The zero-order valence-electron chi connectivity index (χ0n) is 13.6. The van der Waals surface area contributed by atoms with Gasteiger partial charge in [-0.25, -0.2) is 19.6 Å². The highest BCUT2D eigenvalue weighted by Crippen LogP contribution is 2.59. The molecule has 1 saturated carbocycles. The summed E-state index contributed by atoms with van der Waals surface area (Å²) >= 11 is 24.1. The van der Waals surface area contributed by atoms with Crippen LogP contribution in [0.4, 0.5) is 0 Å². The zero-order valence-corrected chi connectivity index (χ0v) is 16.6. The maximum absolute atomic E-state index is 12.1. The zero-order chi connectivity index (χ0) is 19.6. The van der Waals surface area contributed by atoms with Gasteiger partial charge in [0.25, 0.3) is 0 Å². The Balaban J connectivity index is 1.53. The molecule has 1 aliphatic carbocycles. The maximum Gasteiger partial charge on any atom is 0.341 e. The van der Waals surface area contributed by atoms with E-state index in [1.165, 1.54) is 24.5 Å². The molecule has 2 heterocycles. The molecule has 0 spiro atoms. The van der Waals surface area contributed by atoms with Gasteiger partial charge in [0.2, 0.25) is 0 Å². The van der Waals surface area contributed by atoms with Gasteiger partial charge in [-0.15, -0.1) is 23.2 Å². The van der Waals surface area contributed by atoms with E-state index < -0.39 is 28.1 Å². The second-order valence-electron chi connectivity index (χ2n) is 5.77. The molecule has 27 heavy (non-hydrogen) atoms. The summed E-state index contributed by atoms with van der Waals surface area (Å²) in [7, 11) is 0. The summed E-state index contributed by atoms with van der Waals surface area (Å²) in [6, 6.07) is 6.13. The van der Waals surface area contributed by atoms with E-state index in [4.69, 9.17) is 55.9 Å². The molecule has 142 valence electrons. The van der Waals surface area contributed by atoms with Crippen molar-refractivity contribution in [1.82, 2.24) is 9.97 Å². The van der Waals surface area contributed by atoms with Gasteiger partial charge in [0.05, 0.1) is 24.3 Å². The van der Waals surface area contributed by atoms with Gasteiger partial charge in [0.15, 0.2) is 0 Å². The van der Waals surface area contributed by atoms with Crippen molar-refractivity contribution >= 4 is 58.3 Å². The van der Waals surface area contributed by atoms with Crippen LogP contribution in [0.3, 0.4) is 0 Å². The number of carbonyl (C=O) groups is 2. The molecule has 6 nitrogen and oxygen atoms in total. The van der Waals surface area contributed by atoms with E-state index in [1.54, 1.807) is 12.1 Å². The Hall–Kier alpha value is -1.60. The fourth-order valence-corrected chi connectivity index (χ4v) is 3.61. The quantitative estimate of drug-likeness (QED) is 0.373. The van der Waals surface area contributed by atoms with Gasteiger partial charge < -0.3 is 9.47 Å². The first-order valence-corrected chi connectivity index (χ1v) is 9.26. The molecule has 0 aromatic carbocycles. The van der Waals surface area contributed by atoms with Crippen molar-refractivity contribution in [2.24, 2.45) is 11.8 Å². The van der Waals surface area contributed by atoms with Crippen molar-refractivity contribution in [3.05, 3.63) is 58.1 Å². The summed E-state index contributed by atoms with van der Waals surface area (Å²) in [4.78, 5) is 31.7. The lowest BCUT2D eigenvalue weighted by molar-refractivity contribution is 0.0418. The van der Waals surface area contributed by atoms with Crippen molar-refractivity contribution in [3.63, 3.8) is 0 Å². The van der Waals surface area contributed by atoms with Crippen LogP contribution in [0.15, 0.2) is 36.7 Å². The van der Waals surface area contributed by atoms with Crippen molar-refractivity contribution in [1.29, 1.82) is 0 Å². The third-order valence-electron chi connectivity index (χ3n) is 4.11. The van der Waals surface area contributed by atoms with E-state index >= 15 is 0 Å². The lowest BCUT2D eigenvalue weighted by Gasteiger charge is -2.06. The molecular formula is C17H12Cl4N2O4. The topological polar surface area (TPSA) is 78.4 Å². The fourth-order valence-electron chi connectivity index (χ4n) is 2.48. The van der Waals surface area contributed by atoms with E-state index in [9.17, 15) is 9.59 Å². The Labute approximate surface area is 174 Å². The molecule has 0 saturated heterocycles. The fraction of sp³-hybridized carbons (Fsp3) is 0.294. The summed E-state index contributed by atoms with van der Waals surface area (Å²) in [5, 5.41) is 0.0836. The van der Waals surface area contributed by atoms with E-state index in [1.807, 2.05) is 0 Å². The Kier molecular flexibility index (Phi) is 6.11. The molecule has 0 amide bonds. The summed E-state index contributed by atoms with van der Waals surface area (Å²) < 4.78 is 9.24. The molecule has 3 rings (SSSR count). The number of hydrogen-bond acceptors (Lipinski definition) is 6. The molecule has 1 fully saturated rings. The third-order valence-corrected chi connectivity index (χ3v) is 5.83. The van der Waals surface area contributed by atoms with Crippen LogP contribution < -0.4 is 0 Å². The van der Waals surface area contributed by atoms with E-state index in [-0.39, 0.29) is 34.6 Å².